The Morgan fingerprint density at radius 3 is 1.64 bits per heavy atom. The predicted octanol–water partition coefficient (Wildman–Crippen LogP) is 14.0. The van der Waals surface area contributed by atoms with Crippen molar-refractivity contribution < 1.29 is 24.5 Å². The Bertz CT molecular complexity index is 1130. The highest BCUT2D eigenvalue weighted by Gasteiger charge is 2.24. The molecule has 0 fully saturated rings. The van der Waals surface area contributed by atoms with Gasteiger partial charge in [0.15, 0.2) is 0 Å². The summed E-state index contributed by atoms with van der Waals surface area (Å²) in [6.07, 6.45) is 57.9. The van der Waals surface area contributed by atoms with Gasteiger partial charge >= 0.3 is 5.97 Å². The molecule has 0 saturated carbocycles. The zero-order valence-electron chi connectivity index (χ0n) is 37.6. The number of carbonyl (C=O) groups excluding carboxylic acids is 2. The summed E-state index contributed by atoms with van der Waals surface area (Å²) in [5.41, 5.74) is 0. The first-order valence-electron chi connectivity index (χ1n) is 23.9. The summed E-state index contributed by atoms with van der Waals surface area (Å²) >= 11 is 0. The molecule has 0 rings (SSSR count). The van der Waals surface area contributed by atoms with Crippen LogP contribution in [0.25, 0.3) is 0 Å². The topological polar surface area (TPSA) is 95.9 Å². The smallest absolute Gasteiger partial charge is 0.306 e. The normalized spacial score (nSPS) is 14.1. The molecule has 332 valence electrons. The number of ether oxygens (including phenoxy) is 1. The van der Waals surface area contributed by atoms with E-state index in [2.05, 4.69) is 74.7 Å². The molecule has 0 aromatic carbocycles. The fraction of sp³-hybridized carbons (Fsp3) is 0.692. The van der Waals surface area contributed by atoms with Crippen LogP contribution in [0.5, 0.6) is 0 Å². The third kappa shape index (κ3) is 39.8. The number of esters is 1. The minimum Gasteiger partial charge on any atom is -0.462 e. The molecule has 6 nitrogen and oxygen atoms in total. The number of unbranched alkanes of at least 4 members (excludes halogenated alkanes) is 18. The van der Waals surface area contributed by atoms with Gasteiger partial charge in [0, 0.05) is 6.42 Å². The molecule has 6 heteroatoms. The van der Waals surface area contributed by atoms with Gasteiger partial charge in [-0.05, 0) is 70.6 Å². The number of allylic oxidation sites excluding steroid dienone is 14. The summed E-state index contributed by atoms with van der Waals surface area (Å²) in [6.45, 7) is 6.19. The van der Waals surface area contributed by atoms with E-state index in [1.165, 1.54) is 77.0 Å². The average Bonchev–Trinajstić information content (AvgIpc) is 3.22. The number of hydrogen-bond acceptors (Lipinski definition) is 5. The minimum atomic E-state index is -0.810. The van der Waals surface area contributed by atoms with Gasteiger partial charge in [0.2, 0.25) is 5.91 Å². The van der Waals surface area contributed by atoms with E-state index >= 15 is 0 Å². The van der Waals surface area contributed by atoms with Gasteiger partial charge in [-0.15, -0.1) is 0 Å². The summed E-state index contributed by atoms with van der Waals surface area (Å²) in [6, 6.07) is -0.728. The molecule has 0 saturated heterocycles. The molecule has 0 heterocycles. The maximum Gasteiger partial charge on any atom is 0.306 e. The zero-order valence-corrected chi connectivity index (χ0v) is 37.6. The molecule has 0 radical (unpaired) electrons. The molecular formula is C52H89NO5. The molecule has 58 heavy (non-hydrogen) atoms. The molecule has 3 atom stereocenters. The number of nitrogens with one attached hydrogen (secondary N) is 1. The van der Waals surface area contributed by atoms with Crippen LogP contribution in [0.15, 0.2) is 85.1 Å². The highest BCUT2D eigenvalue weighted by atomic mass is 16.5. The predicted molar refractivity (Wildman–Crippen MR) is 250 cm³/mol. The lowest BCUT2D eigenvalue weighted by Crippen LogP contribution is -2.46. The van der Waals surface area contributed by atoms with Gasteiger partial charge in [0.1, 0.15) is 6.10 Å². The summed E-state index contributed by atoms with van der Waals surface area (Å²) in [5.74, 6) is -0.564. The summed E-state index contributed by atoms with van der Waals surface area (Å²) in [4.78, 5) is 26.0. The highest BCUT2D eigenvalue weighted by Crippen LogP contribution is 2.16. The molecule has 0 aliphatic rings. The third-order valence-electron chi connectivity index (χ3n) is 10.3. The van der Waals surface area contributed by atoms with Crippen molar-refractivity contribution in [2.24, 2.45) is 0 Å². The zero-order chi connectivity index (χ0) is 42.4. The van der Waals surface area contributed by atoms with E-state index in [1.807, 2.05) is 36.5 Å². The Kier molecular flexibility index (Phi) is 42.8. The van der Waals surface area contributed by atoms with Crippen molar-refractivity contribution in [2.45, 2.75) is 225 Å². The molecule has 3 unspecified atom stereocenters. The Hall–Kier alpha value is -2.96. The van der Waals surface area contributed by atoms with E-state index in [0.29, 0.717) is 19.3 Å². The van der Waals surface area contributed by atoms with Crippen LogP contribution in [0.1, 0.15) is 207 Å². The first kappa shape index (κ1) is 55.0. The number of amides is 1. The second-order valence-electron chi connectivity index (χ2n) is 15.8. The lowest BCUT2D eigenvalue weighted by molar-refractivity contribution is -0.151. The lowest BCUT2D eigenvalue weighted by Gasteiger charge is -2.24. The van der Waals surface area contributed by atoms with Crippen molar-refractivity contribution in [3.05, 3.63) is 85.1 Å². The van der Waals surface area contributed by atoms with Crippen LogP contribution in [0, 0.1) is 0 Å². The number of aliphatic hydroxyl groups is 2. The molecule has 1 amide bonds. The van der Waals surface area contributed by atoms with Crippen molar-refractivity contribution in [1.29, 1.82) is 0 Å². The SMILES string of the molecule is CC/C=C/C=C/C=C\C=C/CCCC(CC(=O)NC(CO)C(O)CCCCCCCCCCCCCC)OC(=O)CCCCCCCC/C=C/C/C=C/C/C=C/CC. The van der Waals surface area contributed by atoms with Crippen molar-refractivity contribution in [2.75, 3.05) is 6.61 Å². The van der Waals surface area contributed by atoms with E-state index in [-0.39, 0.29) is 24.9 Å². The first-order valence-corrected chi connectivity index (χ1v) is 23.9. The summed E-state index contributed by atoms with van der Waals surface area (Å²) in [5, 5.41) is 23.6. The molecule has 3 N–H and O–H groups in total. The number of carbonyl (C=O) groups is 2. The van der Waals surface area contributed by atoms with Crippen LogP contribution in [-0.2, 0) is 14.3 Å². The molecule has 0 spiro atoms. The van der Waals surface area contributed by atoms with Crippen LogP contribution < -0.4 is 5.32 Å². The molecule has 0 aromatic heterocycles. The molecule has 0 aliphatic carbocycles. The van der Waals surface area contributed by atoms with E-state index in [9.17, 15) is 19.8 Å². The number of rotatable bonds is 41. The van der Waals surface area contributed by atoms with Gasteiger partial charge in [-0.3, -0.25) is 9.59 Å². The quantitative estimate of drug-likeness (QED) is 0.0247. The lowest BCUT2D eigenvalue weighted by atomic mass is 10.0. The fourth-order valence-corrected chi connectivity index (χ4v) is 6.75. The largest absolute Gasteiger partial charge is 0.462 e. The molecule has 0 aromatic rings. The highest BCUT2D eigenvalue weighted by molar-refractivity contribution is 5.77. The van der Waals surface area contributed by atoms with Gasteiger partial charge in [0.25, 0.3) is 0 Å². The Balaban J connectivity index is 4.66. The van der Waals surface area contributed by atoms with Crippen LogP contribution >= 0.6 is 0 Å². The van der Waals surface area contributed by atoms with Crippen molar-refractivity contribution in [1.82, 2.24) is 5.32 Å². The van der Waals surface area contributed by atoms with Crippen molar-refractivity contribution in [3.63, 3.8) is 0 Å². The fourth-order valence-electron chi connectivity index (χ4n) is 6.75. The molecular weight excluding hydrogens is 719 g/mol. The molecule has 0 bridgehead atoms. The second-order valence-corrected chi connectivity index (χ2v) is 15.8. The van der Waals surface area contributed by atoms with Crippen molar-refractivity contribution in [3.8, 4) is 0 Å². The van der Waals surface area contributed by atoms with Crippen molar-refractivity contribution >= 4 is 11.9 Å². The Labute approximate surface area is 357 Å². The summed E-state index contributed by atoms with van der Waals surface area (Å²) in [7, 11) is 0. The average molecular weight is 808 g/mol. The van der Waals surface area contributed by atoms with Crippen LogP contribution in [0.4, 0.5) is 0 Å². The third-order valence-corrected chi connectivity index (χ3v) is 10.3. The standard InChI is InChI=1S/C52H89NO5/c1-4-7-10-13-16-19-22-24-25-26-27-30-33-36-39-42-45-52(57)58-48(43-40-37-34-31-28-21-18-15-12-9-6-3)46-51(56)53-49(47-54)50(55)44-41-38-35-32-29-23-20-17-14-11-8-5-2/h7,9-10,12,15-16,18-19,21,24-25,28,31,34,48-50,54-55H,4-6,8,11,13-14,17,20,22-23,26-27,29-30,32-33,35-47H2,1-3H3,(H,53,56)/b10-7+,12-9+,18-15+,19-16+,25-24+,28-21-,34-31-. The number of hydrogen-bond donors (Lipinski definition) is 3. The van der Waals surface area contributed by atoms with Gasteiger partial charge in [-0.1, -0.05) is 209 Å². The van der Waals surface area contributed by atoms with Gasteiger partial charge in [-0.25, -0.2) is 0 Å². The van der Waals surface area contributed by atoms with Crippen LogP contribution in [-0.4, -0.2) is 46.9 Å². The van der Waals surface area contributed by atoms with E-state index in [0.717, 1.165) is 83.5 Å². The second kappa shape index (κ2) is 45.1. The Morgan fingerprint density at radius 2 is 1.03 bits per heavy atom. The number of aliphatic hydroxyl groups excluding tert-OH is 2. The van der Waals surface area contributed by atoms with Gasteiger partial charge < -0.3 is 20.3 Å². The Morgan fingerprint density at radius 1 is 0.534 bits per heavy atom. The monoisotopic (exact) mass is 808 g/mol. The van der Waals surface area contributed by atoms with Gasteiger partial charge in [0.05, 0.1) is 25.2 Å². The maximum absolute atomic E-state index is 13.1. The van der Waals surface area contributed by atoms with Crippen LogP contribution in [0.3, 0.4) is 0 Å². The van der Waals surface area contributed by atoms with Gasteiger partial charge in [-0.2, -0.15) is 0 Å². The minimum absolute atomic E-state index is 0.0221. The van der Waals surface area contributed by atoms with Crippen LogP contribution in [0.2, 0.25) is 0 Å². The summed E-state index contributed by atoms with van der Waals surface area (Å²) < 4.78 is 5.87. The van der Waals surface area contributed by atoms with E-state index in [4.69, 9.17) is 4.74 Å². The maximum atomic E-state index is 13.1. The van der Waals surface area contributed by atoms with E-state index in [1.54, 1.807) is 0 Å². The molecule has 0 aliphatic heterocycles. The first-order chi connectivity index (χ1) is 28.5. The van der Waals surface area contributed by atoms with E-state index < -0.39 is 18.2 Å².